The fraction of sp³-hybridized carbons (Fsp3) is 0.500. The molecule has 176 valence electrons. The van der Waals surface area contributed by atoms with Crippen LogP contribution in [0.1, 0.15) is 94.4 Å². The van der Waals surface area contributed by atoms with Crippen molar-refractivity contribution in [1.29, 1.82) is 5.26 Å². The van der Waals surface area contributed by atoms with E-state index in [0.717, 1.165) is 23.5 Å². The fourth-order valence-corrected chi connectivity index (χ4v) is 4.25. The third-order valence-electron chi connectivity index (χ3n) is 6.03. The average Bonchev–Trinajstić information content (AvgIpc) is 3.52. The molecule has 0 spiro atoms. The first kappa shape index (κ1) is 24.6. The lowest BCUT2D eigenvalue weighted by atomic mass is 10.1. The largest absolute Gasteiger partial charge is 0.490 e. The van der Waals surface area contributed by atoms with Crippen LogP contribution in [0.3, 0.4) is 0 Å². The molecule has 0 radical (unpaired) electrons. The molecule has 33 heavy (non-hydrogen) atoms. The Morgan fingerprint density at radius 2 is 1.67 bits per heavy atom. The van der Waals surface area contributed by atoms with Gasteiger partial charge in [0.1, 0.15) is 23.1 Å². The number of H-pyrrole nitrogens is 2. The van der Waals surface area contributed by atoms with Crippen LogP contribution in [0.5, 0.6) is 0 Å². The highest BCUT2D eigenvalue weighted by atomic mass is 16.5. The van der Waals surface area contributed by atoms with Gasteiger partial charge in [-0.1, -0.05) is 58.3 Å². The summed E-state index contributed by atoms with van der Waals surface area (Å²) in [6.45, 7) is 6.67. The van der Waals surface area contributed by atoms with Crippen LogP contribution in [0.15, 0.2) is 46.3 Å². The molecule has 0 aliphatic carbocycles. The normalized spacial score (nSPS) is 14.7. The summed E-state index contributed by atoms with van der Waals surface area (Å²) in [6.07, 6.45) is 15.1. The zero-order valence-corrected chi connectivity index (χ0v) is 20.5. The smallest absolute Gasteiger partial charge is 0.165 e. The first-order valence-electron chi connectivity index (χ1n) is 12.6. The molecular weight excluding hydrogens is 408 g/mol. The quantitative estimate of drug-likeness (QED) is 0.297. The van der Waals surface area contributed by atoms with Gasteiger partial charge in [-0.25, -0.2) is 4.99 Å². The van der Waals surface area contributed by atoms with Crippen LogP contribution in [0.4, 0.5) is 0 Å². The predicted molar refractivity (Wildman–Crippen MR) is 136 cm³/mol. The Morgan fingerprint density at radius 1 is 0.939 bits per heavy atom. The summed E-state index contributed by atoms with van der Waals surface area (Å²) in [6, 6.07) is 10.5. The molecular formula is C28H38N4O. The number of aromatic amines is 2. The first-order chi connectivity index (χ1) is 16.2. The number of hydrogen-bond acceptors (Lipinski definition) is 3. The van der Waals surface area contributed by atoms with Gasteiger partial charge in [0.05, 0.1) is 12.3 Å². The van der Waals surface area contributed by atoms with Crippen molar-refractivity contribution in [2.45, 2.75) is 85.0 Å². The van der Waals surface area contributed by atoms with Crippen LogP contribution >= 0.6 is 0 Å². The summed E-state index contributed by atoms with van der Waals surface area (Å²) in [5, 5.41) is 9.78. The van der Waals surface area contributed by atoms with Crippen LogP contribution < -0.4 is 0 Å². The maximum Gasteiger partial charge on any atom is 0.165 e. The zero-order chi connectivity index (χ0) is 23.5. The Kier molecular flexibility index (Phi) is 9.62. The van der Waals surface area contributed by atoms with Crippen molar-refractivity contribution >= 4 is 11.8 Å². The molecule has 3 heterocycles. The Balaban J connectivity index is 1.59. The lowest BCUT2D eigenvalue weighted by molar-refractivity contribution is 0.238. The number of aromatic nitrogens is 2. The van der Waals surface area contributed by atoms with Gasteiger partial charge in [0, 0.05) is 17.1 Å². The lowest BCUT2D eigenvalue weighted by Gasteiger charge is -2.05. The number of hydrogen-bond donors (Lipinski definition) is 2. The minimum Gasteiger partial charge on any atom is -0.490 e. The van der Waals surface area contributed by atoms with Gasteiger partial charge in [-0.3, -0.25) is 0 Å². The van der Waals surface area contributed by atoms with Gasteiger partial charge in [-0.05, 0) is 57.0 Å². The van der Waals surface area contributed by atoms with Crippen LogP contribution in [0.2, 0.25) is 0 Å². The highest BCUT2D eigenvalue weighted by Crippen LogP contribution is 2.30. The van der Waals surface area contributed by atoms with Crippen LogP contribution in [0, 0.1) is 18.3 Å². The monoisotopic (exact) mass is 446 g/mol. The summed E-state index contributed by atoms with van der Waals surface area (Å²) in [5.41, 5.74) is 5.90. The lowest BCUT2D eigenvalue weighted by Crippen LogP contribution is -2.03. The van der Waals surface area contributed by atoms with Crippen molar-refractivity contribution < 1.29 is 4.74 Å². The Bertz CT molecular complexity index is 1030. The summed E-state index contributed by atoms with van der Waals surface area (Å²) < 4.78 is 5.84. The third-order valence-corrected chi connectivity index (χ3v) is 6.03. The van der Waals surface area contributed by atoms with Crippen molar-refractivity contribution in [3.05, 3.63) is 64.1 Å². The van der Waals surface area contributed by atoms with E-state index in [1.807, 2.05) is 32.1 Å². The van der Waals surface area contributed by atoms with Crippen LogP contribution in [-0.2, 0) is 11.2 Å². The van der Waals surface area contributed by atoms with Gasteiger partial charge in [-0.15, -0.1) is 0 Å². The number of unbranched alkanes of at least 4 members (excludes halogenated alkanes) is 8. The molecule has 0 atom stereocenters. The number of nitriles is 1. The Labute approximate surface area is 198 Å². The van der Waals surface area contributed by atoms with E-state index in [1.54, 1.807) is 0 Å². The van der Waals surface area contributed by atoms with E-state index in [9.17, 15) is 5.26 Å². The van der Waals surface area contributed by atoms with Crippen LogP contribution in [-0.4, -0.2) is 22.3 Å². The number of rotatable bonds is 14. The maximum absolute atomic E-state index is 9.78. The molecule has 5 nitrogen and oxygen atoms in total. The number of ether oxygens (including phenoxy) is 1. The minimum absolute atomic E-state index is 0.478. The molecule has 2 N–H and O–H groups in total. The van der Waals surface area contributed by atoms with Gasteiger partial charge >= 0.3 is 0 Å². The molecule has 0 amide bonds. The average molecular weight is 447 g/mol. The van der Waals surface area contributed by atoms with Crippen molar-refractivity contribution in [1.82, 2.24) is 9.97 Å². The van der Waals surface area contributed by atoms with Gasteiger partial charge in [0.15, 0.2) is 5.76 Å². The Morgan fingerprint density at radius 3 is 2.30 bits per heavy atom. The standard InChI is InChI=1S/C28H38N4O/c1-4-6-7-8-9-10-11-12-13-14-22-16-17-23(31-22)19-26-28(33-5-2)24(20-29)27(32-26)25-18-15-21(3)30-25/h15-19,30-31H,4-14H2,1-3H3. The molecule has 0 saturated heterocycles. The van der Waals surface area contributed by atoms with Gasteiger partial charge in [-0.2, -0.15) is 5.26 Å². The van der Waals surface area contributed by atoms with E-state index in [4.69, 9.17) is 9.73 Å². The number of nitrogens with zero attached hydrogens (tertiary/aromatic N) is 2. The molecule has 0 fully saturated rings. The first-order valence-corrected chi connectivity index (χ1v) is 12.6. The van der Waals surface area contributed by atoms with E-state index < -0.39 is 0 Å². The summed E-state index contributed by atoms with van der Waals surface area (Å²) in [4.78, 5) is 11.5. The highest BCUT2D eigenvalue weighted by molar-refractivity contribution is 6.17. The molecule has 3 rings (SSSR count). The summed E-state index contributed by atoms with van der Waals surface area (Å²) in [5.74, 6) is 0.553. The van der Waals surface area contributed by atoms with Gasteiger partial charge in [0.25, 0.3) is 0 Å². The van der Waals surface area contributed by atoms with E-state index in [1.165, 1.54) is 63.5 Å². The predicted octanol–water partition coefficient (Wildman–Crippen LogP) is 7.38. The van der Waals surface area contributed by atoms with Gasteiger partial charge in [0.2, 0.25) is 0 Å². The fourth-order valence-electron chi connectivity index (χ4n) is 4.25. The second kappa shape index (κ2) is 12.9. The number of aryl methyl sites for hydroxylation is 2. The number of allylic oxidation sites excluding steroid dienone is 1. The molecule has 5 heteroatoms. The molecule has 0 unspecified atom stereocenters. The Hall–Kier alpha value is -3.00. The van der Waals surface area contributed by atoms with E-state index in [2.05, 4.69) is 35.1 Å². The number of aliphatic imine (C=N–C) groups is 1. The zero-order valence-electron chi connectivity index (χ0n) is 20.5. The van der Waals surface area contributed by atoms with E-state index >= 15 is 0 Å². The van der Waals surface area contributed by atoms with E-state index in [-0.39, 0.29) is 0 Å². The maximum atomic E-state index is 9.78. The topological polar surface area (TPSA) is 77.0 Å². The molecule has 0 aromatic carbocycles. The summed E-state index contributed by atoms with van der Waals surface area (Å²) >= 11 is 0. The van der Waals surface area contributed by atoms with Crippen molar-refractivity contribution in [2.75, 3.05) is 6.61 Å². The van der Waals surface area contributed by atoms with Crippen molar-refractivity contribution in [3.63, 3.8) is 0 Å². The summed E-state index contributed by atoms with van der Waals surface area (Å²) in [7, 11) is 0. The molecule has 0 saturated carbocycles. The third kappa shape index (κ3) is 6.99. The molecule has 2 aromatic rings. The van der Waals surface area contributed by atoms with E-state index in [0.29, 0.717) is 29.3 Å². The van der Waals surface area contributed by atoms with Crippen molar-refractivity contribution in [2.24, 2.45) is 4.99 Å². The minimum atomic E-state index is 0.478. The molecule has 0 bridgehead atoms. The molecule has 1 aliphatic rings. The number of nitrogens with one attached hydrogen (secondary N) is 2. The SMILES string of the molecule is CCCCCCCCCCCc1ccc(C=C2N=C(c3ccc(C)[nH]3)C(C#N)=C2OCC)[nH]1. The van der Waals surface area contributed by atoms with Crippen molar-refractivity contribution in [3.8, 4) is 6.07 Å². The second-order valence-corrected chi connectivity index (χ2v) is 8.81. The van der Waals surface area contributed by atoms with Crippen LogP contribution in [0.25, 0.3) is 6.08 Å². The molecule has 1 aliphatic heterocycles. The second-order valence-electron chi connectivity index (χ2n) is 8.81. The molecule has 2 aromatic heterocycles. The highest BCUT2D eigenvalue weighted by Gasteiger charge is 2.27. The van der Waals surface area contributed by atoms with Gasteiger partial charge < -0.3 is 14.7 Å².